The van der Waals surface area contributed by atoms with Gasteiger partial charge >= 0.3 is 0 Å². The lowest BCUT2D eigenvalue weighted by atomic mass is 10.2. The van der Waals surface area contributed by atoms with Crippen molar-refractivity contribution >= 4 is 11.6 Å². The standard InChI is InChI=1S/C13H21ClN6/c1-3-5-6-11-17-10(13(14)18-11)7-15-8-12-19-16-9-20(12)4-2/h9,15H,3-8H2,1-2H3,(H,17,18). The molecule has 0 aromatic carbocycles. The molecule has 20 heavy (non-hydrogen) atoms. The van der Waals surface area contributed by atoms with E-state index in [9.17, 15) is 0 Å². The Bertz CT molecular complexity index is 533. The summed E-state index contributed by atoms with van der Waals surface area (Å²) in [5.41, 5.74) is 0.931. The quantitative estimate of drug-likeness (QED) is 0.784. The number of halogens is 1. The third kappa shape index (κ3) is 3.80. The van der Waals surface area contributed by atoms with Crippen LogP contribution in [0, 0.1) is 0 Å². The number of aromatic nitrogens is 5. The van der Waals surface area contributed by atoms with Crippen LogP contribution in [0.3, 0.4) is 0 Å². The van der Waals surface area contributed by atoms with Crippen LogP contribution in [0.25, 0.3) is 0 Å². The van der Waals surface area contributed by atoms with Crippen molar-refractivity contribution in [2.24, 2.45) is 0 Å². The number of hydrogen-bond acceptors (Lipinski definition) is 4. The van der Waals surface area contributed by atoms with Crippen molar-refractivity contribution in [3.05, 3.63) is 28.8 Å². The van der Waals surface area contributed by atoms with Crippen molar-refractivity contribution in [3.63, 3.8) is 0 Å². The Hall–Kier alpha value is -1.40. The molecule has 0 fully saturated rings. The molecule has 0 bridgehead atoms. The van der Waals surface area contributed by atoms with E-state index in [-0.39, 0.29) is 0 Å². The second-order valence-electron chi connectivity index (χ2n) is 4.69. The number of imidazole rings is 1. The zero-order valence-corrected chi connectivity index (χ0v) is 12.7. The van der Waals surface area contributed by atoms with Gasteiger partial charge in [0.05, 0.1) is 12.2 Å². The van der Waals surface area contributed by atoms with Gasteiger partial charge in [-0.25, -0.2) is 4.98 Å². The molecule has 0 saturated heterocycles. The molecule has 110 valence electrons. The van der Waals surface area contributed by atoms with Gasteiger partial charge in [-0.3, -0.25) is 0 Å². The molecule has 2 rings (SSSR count). The maximum absolute atomic E-state index is 6.13. The highest BCUT2D eigenvalue weighted by atomic mass is 35.5. The van der Waals surface area contributed by atoms with E-state index in [0.29, 0.717) is 18.2 Å². The van der Waals surface area contributed by atoms with E-state index in [1.807, 2.05) is 4.57 Å². The maximum atomic E-state index is 6.13. The fourth-order valence-corrected chi connectivity index (χ4v) is 2.21. The Morgan fingerprint density at radius 1 is 1.35 bits per heavy atom. The number of aryl methyl sites for hydroxylation is 2. The molecule has 7 heteroatoms. The molecule has 0 aliphatic heterocycles. The lowest BCUT2D eigenvalue weighted by Crippen LogP contribution is -2.16. The predicted molar refractivity (Wildman–Crippen MR) is 78.4 cm³/mol. The Labute approximate surface area is 124 Å². The summed E-state index contributed by atoms with van der Waals surface area (Å²) in [6.45, 7) is 6.41. The molecule has 0 atom stereocenters. The average molecular weight is 297 g/mol. The van der Waals surface area contributed by atoms with Gasteiger partial charge in [0.25, 0.3) is 0 Å². The summed E-state index contributed by atoms with van der Waals surface area (Å²) in [5, 5.41) is 11.8. The van der Waals surface area contributed by atoms with E-state index in [2.05, 4.69) is 39.3 Å². The number of H-pyrrole nitrogens is 1. The molecule has 0 saturated carbocycles. The monoisotopic (exact) mass is 296 g/mol. The van der Waals surface area contributed by atoms with Crippen LogP contribution in [0.15, 0.2) is 6.33 Å². The van der Waals surface area contributed by atoms with E-state index in [1.54, 1.807) is 6.33 Å². The van der Waals surface area contributed by atoms with Gasteiger partial charge in [-0.2, -0.15) is 0 Å². The van der Waals surface area contributed by atoms with Crippen molar-refractivity contribution in [2.75, 3.05) is 0 Å². The van der Waals surface area contributed by atoms with Crippen LogP contribution in [0.1, 0.15) is 44.0 Å². The molecule has 0 aliphatic rings. The van der Waals surface area contributed by atoms with Crippen LogP contribution in [0.2, 0.25) is 5.15 Å². The first-order valence-corrected chi connectivity index (χ1v) is 7.43. The van der Waals surface area contributed by atoms with Gasteiger partial charge in [0, 0.05) is 19.5 Å². The average Bonchev–Trinajstić information content (AvgIpc) is 3.03. The van der Waals surface area contributed by atoms with Crippen molar-refractivity contribution in [2.45, 2.75) is 52.7 Å². The highest BCUT2D eigenvalue weighted by Gasteiger charge is 2.08. The normalized spacial score (nSPS) is 11.2. The lowest BCUT2D eigenvalue weighted by molar-refractivity contribution is 0.607. The van der Waals surface area contributed by atoms with Crippen molar-refractivity contribution < 1.29 is 0 Å². The summed E-state index contributed by atoms with van der Waals surface area (Å²) in [4.78, 5) is 7.61. The third-order valence-electron chi connectivity index (χ3n) is 3.17. The minimum atomic E-state index is 0.556. The molecule has 2 heterocycles. The fraction of sp³-hybridized carbons (Fsp3) is 0.615. The molecule has 6 nitrogen and oxygen atoms in total. The molecular weight excluding hydrogens is 276 g/mol. The molecule has 0 unspecified atom stereocenters. The van der Waals surface area contributed by atoms with E-state index in [4.69, 9.17) is 11.6 Å². The number of nitrogens with zero attached hydrogens (tertiary/aromatic N) is 4. The van der Waals surface area contributed by atoms with Crippen LogP contribution < -0.4 is 5.32 Å². The second kappa shape index (κ2) is 7.40. The van der Waals surface area contributed by atoms with Crippen LogP contribution in [-0.4, -0.2) is 24.7 Å². The van der Waals surface area contributed by atoms with Gasteiger partial charge in [0.1, 0.15) is 18.0 Å². The molecule has 0 amide bonds. The van der Waals surface area contributed by atoms with Crippen molar-refractivity contribution in [1.82, 2.24) is 30.0 Å². The molecule has 0 aliphatic carbocycles. The minimum absolute atomic E-state index is 0.556. The number of rotatable bonds is 8. The minimum Gasteiger partial charge on any atom is -0.344 e. The smallest absolute Gasteiger partial charge is 0.151 e. The summed E-state index contributed by atoms with van der Waals surface area (Å²) in [7, 11) is 0. The third-order valence-corrected chi connectivity index (χ3v) is 3.48. The van der Waals surface area contributed by atoms with E-state index >= 15 is 0 Å². The Balaban J connectivity index is 1.86. The Morgan fingerprint density at radius 3 is 2.95 bits per heavy atom. The van der Waals surface area contributed by atoms with Crippen LogP contribution >= 0.6 is 11.6 Å². The zero-order valence-electron chi connectivity index (χ0n) is 12.0. The highest BCUT2D eigenvalue weighted by Crippen LogP contribution is 2.14. The van der Waals surface area contributed by atoms with Gasteiger partial charge in [-0.05, 0) is 13.3 Å². The molecule has 2 aromatic rings. The number of unbranched alkanes of at least 4 members (excludes halogenated alkanes) is 1. The number of aromatic amines is 1. The van der Waals surface area contributed by atoms with Gasteiger partial charge < -0.3 is 14.9 Å². The number of nitrogens with one attached hydrogen (secondary N) is 2. The first kappa shape index (κ1) is 15.0. The Kier molecular flexibility index (Phi) is 5.55. The predicted octanol–water partition coefficient (Wildman–Crippen LogP) is 2.31. The molecule has 2 aromatic heterocycles. The maximum Gasteiger partial charge on any atom is 0.151 e. The summed E-state index contributed by atoms with van der Waals surface area (Å²) in [5.74, 6) is 1.89. The molecular formula is C13H21ClN6. The number of hydrogen-bond donors (Lipinski definition) is 2. The van der Waals surface area contributed by atoms with Crippen molar-refractivity contribution in [1.29, 1.82) is 0 Å². The van der Waals surface area contributed by atoms with Crippen LogP contribution in [-0.2, 0) is 26.1 Å². The highest BCUT2D eigenvalue weighted by molar-refractivity contribution is 6.30. The van der Waals surface area contributed by atoms with E-state index in [0.717, 1.165) is 43.1 Å². The summed E-state index contributed by atoms with van der Waals surface area (Å²) < 4.78 is 2.01. The molecule has 2 N–H and O–H groups in total. The molecule has 0 spiro atoms. The van der Waals surface area contributed by atoms with E-state index in [1.165, 1.54) is 0 Å². The summed E-state index contributed by atoms with van der Waals surface area (Å²) in [6, 6.07) is 0. The van der Waals surface area contributed by atoms with Crippen LogP contribution in [0.4, 0.5) is 0 Å². The topological polar surface area (TPSA) is 71.4 Å². The van der Waals surface area contributed by atoms with Gasteiger partial charge in [0.2, 0.25) is 0 Å². The summed E-state index contributed by atoms with van der Waals surface area (Å²) in [6.07, 6.45) is 4.96. The second-order valence-corrected chi connectivity index (χ2v) is 5.05. The summed E-state index contributed by atoms with van der Waals surface area (Å²) >= 11 is 6.13. The zero-order chi connectivity index (χ0) is 14.4. The van der Waals surface area contributed by atoms with E-state index < -0.39 is 0 Å². The van der Waals surface area contributed by atoms with Gasteiger partial charge in [0.15, 0.2) is 5.15 Å². The van der Waals surface area contributed by atoms with Gasteiger partial charge in [-0.15, -0.1) is 10.2 Å². The Morgan fingerprint density at radius 2 is 2.20 bits per heavy atom. The first-order valence-electron chi connectivity index (χ1n) is 7.05. The fourth-order valence-electron chi connectivity index (χ4n) is 2.00. The van der Waals surface area contributed by atoms with Gasteiger partial charge in [-0.1, -0.05) is 24.9 Å². The first-order chi connectivity index (χ1) is 9.74. The van der Waals surface area contributed by atoms with Crippen molar-refractivity contribution in [3.8, 4) is 0 Å². The molecule has 0 radical (unpaired) electrons. The van der Waals surface area contributed by atoms with Crippen LogP contribution in [0.5, 0.6) is 0 Å². The lowest BCUT2D eigenvalue weighted by Gasteiger charge is -2.04. The largest absolute Gasteiger partial charge is 0.344 e. The SMILES string of the molecule is CCCCc1nc(Cl)c(CNCc2nncn2CC)[nH]1.